The summed E-state index contributed by atoms with van der Waals surface area (Å²) < 4.78 is 52.4. The fourth-order valence-electron chi connectivity index (χ4n) is 2.14. The fourth-order valence-corrected chi connectivity index (χ4v) is 3.07. The molecule has 0 spiro atoms. The summed E-state index contributed by atoms with van der Waals surface area (Å²) in [6.07, 6.45) is -0.0619. The monoisotopic (exact) mass is 528 g/mol. The maximum Gasteiger partial charge on any atom is 0.510 e. The molecule has 0 aliphatic heterocycles. The first-order valence-electron chi connectivity index (χ1n) is 10.8. The maximum absolute atomic E-state index is 13.0. The summed E-state index contributed by atoms with van der Waals surface area (Å²) >= 11 is 0. The van der Waals surface area contributed by atoms with Gasteiger partial charge in [-0.05, 0) is 41.0 Å². The molecular formula is C20H37N2O12P. The number of phosphoric acid groups is 1. The lowest BCUT2D eigenvalue weighted by atomic mass is 10.2. The third-order valence-corrected chi connectivity index (χ3v) is 5.00. The number of hydrogen-bond donors (Lipinski definition) is 1. The summed E-state index contributed by atoms with van der Waals surface area (Å²) in [6, 6.07) is -0.327. The standard InChI is InChI=1S/C20H37N2O12P/c1-8-10-22(18(23)21-6)11-9-17(27-7)12-30-35(26,31-13-28-19(24)33-15(2)3)32-14-29-20(25)34-16(4)5/h8,10,15-17H,9,11-14H2,1-7H3,(H,21,23)/b10-8-/t17-/m0/s1. The molecule has 1 atom stereocenters. The topological polar surface area (TPSA) is 157 Å². The third-order valence-electron chi connectivity index (χ3n) is 3.69. The highest BCUT2D eigenvalue weighted by Gasteiger charge is 2.30. The summed E-state index contributed by atoms with van der Waals surface area (Å²) in [5.41, 5.74) is 0. The number of carbonyl (C=O) groups excluding carboxylic acids is 3. The number of carbonyl (C=O) groups is 3. The fraction of sp³-hybridized carbons (Fsp3) is 0.750. The number of hydrogen-bond acceptors (Lipinski definition) is 12. The van der Waals surface area contributed by atoms with E-state index < -0.39 is 52.0 Å². The molecule has 0 bridgehead atoms. The average Bonchev–Trinajstić information content (AvgIpc) is 2.76. The molecule has 0 saturated heterocycles. The number of phosphoric ester groups is 1. The summed E-state index contributed by atoms with van der Waals surface area (Å²) in [5, 5.41) is 2.51. The molecule has 0 aliphatic carbocycles. The lowest BCUT2D eigenvalue weighted by Crippen LogP contribution is -2.36. The van der Waals surface area contributed by atoms with Gasteiger partial charge in [-0.2, -0.15) is 0 Å². The zero-order valence-electron chi connectivity index (χ0n) is 21.2. The number of urea groups is 1. The van der Waals surface area contributed by atoms with E-state index in [4.69, 9.17) is 27.8 Å². The number of rotatable bonds is 16. The van der Waals surface area contributed by atoms with E-state index in [2.05, 4.69) is 14.8 Å². The van der Waals surface area contributed by atoms with E-state index in [1.54, 1.807) is 46.9 Å². The summed E-state index contributed by atoms with van der Waals surface area (Å²) in [5.74, 6) is 0. The van der Waals surface area contributed by atoms with Crippen LogP contribution in [0.3, 0.4) is 0 Å². The van der Waals surface area contributed by atoms with Gasteiger partial charge in [0.2, 0.25) is 13.6 Å². The van der Waals surface area contributed by atoms with Gasteiger partial charge in [0, 0.05) is 26.9 Å². The Bertz CT molecular complexity index is 684. The Morgan fingerprint density at radius 1 is 0.943 bits per heavy atom. The molecule has 0 aliphatic rings. The molecule has 0 aromatic heterocycles. The molecule has 0 fully saturated rings. The van der Waals surface area contributed by atoms with Crippen LogP contribution < -0.4 is 5.32 Å². The van der Waals surface area contributed by atoms with Gasteiger partial charge in [-0.3, -0.25) is 4.52 Å². The van der Waals surface area contributed by atoms with Crippen molar-refractivity contribution in [1.82, 2.24) is 10.2 Å². The van der Waals surface area contributed by atoms with Crippen molar-refractivity contribution < 1.29 is 56.2 Å². The van der Waals surface area contributed by atoms with E-state index in [9.17, 15) is 18.9 Å². The largest absolute Gasteiger partial charge is 0.510 e. The maximum atomic E-state index is 13.0. The molecule has 0 unspecified atom stereocenters. The second-order valence-corrected chi connectivity index (χ2v) is 8.91. The van der Waals surface area contributed by atoms with Gasteiger partial charge in [-0.25, -0.2) is 28.0 Å². The molecule has 2 amide bonds. The van der Waals surface area contributed by atoms with Crippen LogP contribution in [0.2, 0.25) is 0 Å². The SMILES string of the molecule is C/C=C\N(CC[C@@H](COP(=O)(OCOC(=O)OC(C)C)OCOC(=O)OC(C)C)OC)C(=O)NC. The summed E-state index contributed by atoms with van der Waals surface area (Å²) in [7, 11) is -1.51. The van der Waals surface area contributed by atoms with Crippen molar-refractivity contribution in [3.63, 3.8) is 0 Å². The minimum Gasteiger partial charge on any atom is -0.432 e. The van der Waals surface area contributed by atoms with Crippen LogP contribution in [0.1, 0.15) is 41.0 Å². The van der Waals surface area contributed by atoms with E-state index in [1.807, 2.05) is 0 Å². The Kier molecular flexibility index (Phi) is 16.7. The number of nitrogens with zero attached hydrogens (tertiary/aromatic N) is 1. The molecule has 15 heteroatoms. The third kappa shape index (κ3) is 16.0. The zero-order chi connectivity index (χ0) is 26.9. The van der Waals surface area contributed by atoms with E-state index in [0.29, 0.717) is 6.42 Å². The Morgan fingerprint density at radius 2 is 1.46 bits per heavy atom. The van der Waals surface area contributed by atoms with Crippen LogP contribution in [0.25, 0.3) is 0 Å². The highest BCUT2D eigenvalue weighted by Crippen LogP contribution is 2.49. The van der Waals surface area contributed by atoms with Gasteiger partial charge < -0.3 is 33.9 Å². The summed E-state index contributed by atoms with van der Waals surface area (Å²) in [4.78, 5) is 36.3. The Hall–Kier alpha value is -2.38. The Balaban J connectivity index is 5.03. The number of ether oxygens (including phenoxy) is 5. The van der Waals surface area contributed by atoms with Crippen molar-refractivity contribution >= 4 is 26.2 Å². The lowest BCUT2D eigenvalue weighted by molar-refractivity contribution is -0.0518. The molecule has 1 N–H and O–H groups in total. The second-order valence-electron chi connectivity index (χ2n) is 7.24. The highest BCUT2D eigenvalue weighted by atomic mass is 31.2. The van der Waals surface area contributed by atoms with E-state index in [0.717, 1.165) is 0 Å². The number of amides is 2. The Labute approximate surface area is 205 Å². The molecule has 0 aromatic rings. The normalized spacial score (nSPS) is 12.5. The predicted octanol–water partition coefficient (Wildman–Crippen LogP) is 3.76. The zero-order valence-corrected chi connectivity index (χ0v) is 22.1. The summed E-state index contributed by atoms with van der Waals surface area (Å²) in [6.45, 7) is 6.50. The van der Waals surface area contributed by atoms with Gasteiger partial charge in [0.15, 0.2) is 0 Å². The van der Waals surface area contributed by atoms with Gasteiger partial charge in [-0.1, -0.05) is 6.08 Å². The van der Waals surface area contributed by atoms with Crippen molar-refractivity contribution in [2.45, 2.75) is 59.4 Å². The van der Waals surface area contributed by atoms with Crippen LogP contribution in [-0.4, -0.2) is 82.4 Å². The van der Waals surface area contributed by atoms with Crippen LogP contribution >= 0.6 is 7.82 Å². The van der Waals surface area contributed by atoms with Gasteiger partial charge >= 0.3 is 26.2 Å². The first-order chi connectivity index (χ1) is 16.5. The molecule has 0 rings (SSSR count). The smallest absolute Gasteiger partial charge is 0.432 e. The van der Waals surface area contributed by atoms with Gasteiger partial charge in [-0.15, -0.1) is 0 Å². The second kappa shape index (κ2) is 18.0. The first-order valence-corrected chi connectivity index (χ1v) is 12.3. The van der Waals surface area contributed by atoms with Crippen molar-refractivity contribution in [3.8, 4) is 0 Å². The van der Waals surface area contributed by atoms with Crippen LogP contribution in [0.4, 0.5) is 14.4 Å². The molecule has 0 saturated carbocycles. The molecule has 14 nitrogen and oxygen atoms in total. The van der Waals surface area contributed by atoms with E-state index in [-0.39, 0.29) is 19.2 Å². The van der Waals surface area contributed by atoms with Crippen molar-refractivity contribution in [2.24, 2.45) is 0 Å². The molecular weight excluding hydrogens is 491 g/mol. The molecule has 204 valence electrons. The van der Waals surface area contributed by atoms with Crippen molar-refractivity contribution in [3.05, 3.63) is 12.3 Å². The van der Waals surface area contributed by atoms with E-state index in [1.165, 1.54) is 19.1 Å². The minimum atomic E-state index is -4.40. The lowest BCUT2D eigenvalue weighted by Gasteiger charge is -2.23. The Morgan fingerprint density at radius 3 is 1.86 bits per heavy atom. The molecule has 0 aromatic carbocycles. The molecule has 0 heterocycles. The van der Waals surface area contributed by atoms with Gasteiger partial charge in [0.1, 0.15) is 0 Å². The average molecular weight is 528 g/mol. The van der Waals surface area contributed by atoms with Crippen molar-refractivity contribution in [1.29, 1.82) is 0 Å². The highest BCUT2D eigenvalue weighted by molar-refractivity contribution is 7.48. The number of methoxy groups -OCH3 is 1. The predicted molar refractivity (Wildman–Crippen MR) is 122 cm³/mol. The van der Waals surface area contributed by atoms with Crippen molar-refractivity contribution in [2.75, 3.05) is 40.9 Å². The molecule has 35 heavy (non-hydrogen) atoms. The number of nitrogens with one attached hydrogen (secondary N) is 1. The molecule has 0 radical (unpaired) electrons. The van der Waals surface area contributed by atoms with Crippen LogP contribution in [0.5, 0.6) is 0 Å². The van der Waals surface area contributed by atoms with E-state index >= 15 is 0 Å². The first kappa shape index (κ1) is 32.6. The quantitative estimate of drug-likeness (QED) is 0.176. The van der Waals surface area contributed by atoms with Crippen LogP contribution in [-0.2, 0) is 41.8 Å². The van der Waals surface area contributed by atoms with Gasteiger partial charge in [0.25, 0.3) is 0 Å². The number of allylic oxidation sites excluding steroid dienone is 1. The van der Waals surface area contributed by atoms with Crippen LogP contribution in [0.15, 0.2) is 12.3 Å². The minimum absolute atomic E-state index is 0.256. The van der Waals surface area contributed by atoms with Gasteiger partial charge in [0.05, 0.1) is 24.9 Å². The van der Waals surface area contributed by atoms with Crippen LogP contribution in [0, 0.1) is 0 Å².